The number of hydrogen-bond acceptors (Lipinski definition) is 5. The zero-order valence-corrected chi connectivity index (χ0v) is 14.4. The summed E-state index contributed by atoms with van der Waals surface area (Å²) in [6.07, 6.45) is 8.32. The number of benzene rings is 1. The first-order valence-electron chi connectivity index (χ1n) is 7.38. The molecule has 0 N–H and O–H groups in total. The molecule has 0 atom stereocenters. The van der Waals surface area contributed by atoms with Gasteiger partial charge in [-0.2, -0.15) is 0 Å². The van der Waals surface area contributed by atoms with Crippen LogP contribution >= 0.6 is 22.9 Å². The summed E-state index contributed by atoms with van der Waals surface area (Å²) in [7, 11) is 0. The Labute approximate surface area is 151 Å². The molecule has 8 heteroatoms. The van der Waals surface area contributed by atoms with Gasteiger partial charge in [-0.05, 0) is 12.1 Å². The Hall–Kier alpha value is -2.64. The third-order valence-electron chi connectivity index (χ3n) is 3.57. The van der Waals surface area contributed by atoms with Gasteiger partial charge in [-0.25, -0.2) is 14.4 Å². The van der Waals surface area contributed by atoms with Gasteiger partial charge in [-0.15, -0.1) is 11.3 Å². The maximum absolute atomic E-state index is 14.2. The number of rotatable bonds is 4. The molecule has 4 rings (SSSR count). The molecule has 0 bridgehead atoms. The first kappa shape index (κ1) is 15.9. The Bertz CT molecular complexity index is 995. The van der Waals surface area contributed by atoms with Gasteiger partial charge in [0.1, 0.15) is 22.3 Å². The van der Waals surface area contributed by atoms with Gasteiger partial charge < -0.3 is 4.57 Å². The van der Waals surface area contributed by atoms with Crippen molar-refractivity contribution in [2.75, 3.05) is 0 Å². The summed E-state index contributed by atoms with van der Waals surface area (Å²) in [6, 6.07) is 4.59. The second-order valence-corrected chi connectivity index (χ2v) is 6.48. The molecule has 4 aromatic rings. The van der Waals surface area contributed by atoms with E-state index in [0.717, 1.165) is 16.4 Å². The van der Waals surface area contributed by atoms with E-state index < -0.39 is 5.82 Å². The van der Waals surface area contributed by atoms with Crippen LogP contribution in [0.15, 0.2) is 54.6 Å². The molecule has 0 amide bonds. The van der Waals surface area contributed by atoms with Crippen molar-refractivity contribution < 1.29 is 4.39 Å². The molecule has 0 fully saturated rings. The van der Waals surface area contributed by atoms with Gasteiger partial charge in [0, 0.05) is 30.2 Å². The van der Waals surface area contributed by atoms with Crippen LogP contribution in [0.2, 0.25) is 5.02 Å². The van der Waals surface area contributed by atoms with E-state index >= 15 is 0 Å². The molecule has 0 unspecified atom stereocenters. The Morgan fingerprint density at radius 1 is 1.16 bits per heavy atom. The van der Waals surface area contributed by atoms with Gasteiger partial charge in [0.25, 0.3) is 0 Å². The quantitative estimate of drug-likeness (QED) is 0.536. The van der Waals surface area contributed by atoms with E-state index in [0.29, 0.717) is 23.0 Å². The van der Waals surface area contributed by atoms with Gasteiger partial charge in [0.05, 0.1) is 29.0 Å². The second-order valence-electron chi connectivity index (χ2n) is 5.21. The molecule has 0 radical (unpaired) electrons. The number of aromatic nitrogens is 5. The number of nitrogens with zero attached hydrogens (tertiary/aromatic N) is 5. The van der Waals surface area contributed by atoms with Crippen molar-refractivity contribution in [3.63, 3.8) is 0 Å². The van der Waals surface area contributed by atoms with E-state index in [2.05, 4.69) is 19.9 Å². The van der Waals surface area contributed by atoms with Crippen LogP contribution in [0.3, 0.4) is 0 Å². The summed E-state index contributed by atoms with van der Waals surface area (Å²) in [4.78, 5) is 17.1. The monoisotopic (exact) mass is 371 g/mol. The van der Waals surface area contributed by atoms with Gasteiger partial charge in [-0.3, -0.25) is 9.97 Å². The summed E-state index contributed by atoms with van der Waals surface area (Å²) >= 11 is 7.64. The molecule has 0 aliphatic carbocycles. The third-order valence-corrected chi connectivity index (χ3v) is 4.80. The Kier molecular flexibility index (Phi) is 4.25. The number of imidazole rings is 1. The van der Waals surface area contributed by atoms with Crippen LogP contribution in [-0.4, -0.2) is 24.5 Å². The molecular weight excluding hydrogens is 361 g/mol. The minimum atomic E-state index is -0.404. The van der Waals surface area contributed by atoms with Crippen LogP contribution in [0.5, 0.6) is 0 Å². The van der Waals surface area contributed by atoms with E-state index in [4.69, 9.17) is 11.6 Å². The fourth-order valence-electron chi connectivity index (χ4n) is 2.46. The van der Waals surface area contributed by atoms with E-state index in [9.17, 15) is 4.39 Å². The molecule has 1 aromatic carbocycles. The average Bonchev–Trinajstić information content (AvgIpc) is 3.26. The van der Waals surface area contributed by atoms with Crippen molar-refractivity contribution in [3.05, 3.63) is 71.1 Å². The summed E-state index contributed by atoms with van der Waals surface area (Å²) in [5.41, 5.74) is 1.85. The minimum absolute atomic E-state index is 0.290. The van der Waals surface area contributed by atoms with Crippen molar-refractivity contribution in [2.45, 2.75) is 6.54 Å². The van der Waals surface area contributed by atoms with Crippen LogP contribution in [0.4, 0.5) is 4.39 Å². The van der Waals surface area contributed by atoms with Crippen LogP contribution in [0.25, 0.3) is 22.1 Å². The summed E-state index contributed by atoms with van der Waals surface area (Å²) in [5, 5.41) is 3.05. The highest BCUT2D eigenvalue weighted by Gasteiger charge is 2.16. The molecule has 0 spiro atoms. The number of thiazole rings is 1. The minimum Gasteiger partial charge on any atom is -0.325 e. The maximum atomic E-state index is 14.2. The molecule has 5 nitrogen and oxygen atoms in total. The predicted molar refractivity (Wildman–Crippen MR) is 94.9 cm³/mol. The van der Waals surface area contributed by atoms with Gasteiger partial charge in [0.15, 0.2) is 0 Å². The lowest BCUT2D eigenvalue weighted by Crippen LogP contribution is -2.03. The van der Waals surface area contributed by atoms with Gasteiger partial charge in [-0.1, -0.05) is 17.7 Å². The molecule has 0 saturated carbocycles. The molecule has 0 aliphatic rings. The fourth-order valence-corrected chi connectivity index (χ4v) is 3.48. The van der Waals surface area contributed by atoms with Crippen LogP contribution < -0.4 is 0 Å². The summed E-state index contributed by atoms with van der Waals surface area (Å²) < 4.78 is 16.0. The summed E-state index contributed by atoms with van der Waals surface area (Å²) in [6.45, 7) is 0.455. The summed E-state index contributed by atoms with van der Waals surface area (Å²) in [5.74, 6) is 0.0654. The number of halogens is 2. The largest absolute Gasteiger partial charge is 0.325 e. The lowest BCUT2D eigenvalue weighted by molar-refractivity contribution is 0.627. The van der Waals surface area contributed by atoms with Gasteiger partial charge >= 0.3 is 0 Å². The van der Waals surface area contributed by atoms with E-state index in [-0.39, 0.29) is 0 Å². The first-order valence-corrected chi connectivity index (χ1v) is 8.64. The second kappa shape index (κ2) is 6.70. The van der Waals surface area contributed by atoms with E-state index in [1.807, 2.05) is 9.95 Å². The predicted octanol–water partition coefficient (Wildman–Crippen LogP) is 4.30. The molecule has 3 heterocycles. The van der Waals surface area contributed by atoms with Crippen molar-refractivity contribution in [1.29, 1.82) is 0 Å². The van der Waals surface area contributed by atoms with Crippen molar-refractivity contribution >= 4 is 22.9 Å². The molecule has 124 valence electrons. The highest BCUT2D eigenvalue weighted by atomic mass is 35.5. The van der Waals surface area contributed by atoms with Crippen molar-refractivity contribution in [3.8, 4) is 22.1 Å². The van der Waals surface area contributed by atoms with Crippen LogP contribution in [0, 0.1) is 5.82 Å². The Morgan fingerprint density at radius 2 is 2.08 bits per heavy atom. The molecule has 0 saturated heterocycles. The topological polar surface area (TPSA) is 56.5 Å². The SMILES string of the molecule is Fc1cccc(Cl)c1-c1nccn1Cc1csc(-c2cnccn2)n1. The van der Waals surface area contributed by atoms with Gasteiger partial charge in [0.2, 0.25) is 0 Å². The zero-order valence-electron chi connectivity index (χ0n) is 12.8. The zero-order chi connectivity index (χ0) is 17.2. The normalized spacial score (nSPS) is 11.0. The number of hydrogen-bond donors (Lipinski definition) is 0. The average molecular weight is 372 g/mol. The van der Waals surface area contributed by atoms with Crippen molar-refractivity contribution in [2.24, 2.45) is 0 Å². The molecular formula is C17H11ClFN5S. The molecule has 0 aliphatic heterocycles. The van der Waals surface area contributed by atoms with Crippen LogP contribution in [-0.2, 0) is 6.54 Å². The molecule has 25 heavy (non-hydrogen) atoms. The third kappa shape index (κ3) is 3.16. The Morgan fingerprint density at radius 3 is 2.88 bits per heavy atom. The van der Waals surface area contributed by atoms with E-state index in [1.54, 1.807) is 43.1 Å². The lowest BCUT2D eigenvalue weighted by Gasteiger charge is -2.08. The Balaban J connectivity index is 1.66. The van der Waals surface area contributed by atoms with Crippen LogP contribution in [0.1, 0.15) is 5.69 Å². The molecule has 3 aromatic heterocycles. The standard InChI is InChI=1S/C17H11ClFN5S/c18-12-2-1-3-13(19)15(12)16-22-6-7-24(16)9-11-10-25-17(23-11)14-8-20-4-5-21-14/h1-8,10H,9H2. The fraction of sp³-hybridized carbons (Fsp3) is 0.0588. The lowest BCUT2D eigenvalue weighted by atomic mass is 10.2. The smallest absolute Gasteiger partial charge is 0.144 e. The highest BCUT2D eigenvalue weighted by Crippen LogP contribution is 2.30. The first-order chi connectivity index (χ1) is 12.2. The maximum Gasteiger partial charge on any atom is 0.144 e. The highest BCUT2D eigenvalue weighted by molar-refractivity contribution is 7.13. The van der Waals surface area contributed by atoms with E-state index in [1.165, 1.54) is 17.4 Å². The van der Waals surface area contributed by atoms with Crippen molar-refractivity contribution in [1.82, 2.24) is 24.5 Å².